The van der Waals surface area contributed by atoms with Crippen molar-refractivity contribution in [3.8, 4) is 17.6 Å². The smallest absolute Gasteiger partial charge is 0.255 e. The van der Waals surface area contributed by atoms with Gasteiger partial charge in [-0.25, -0.2) is 12.7 Å². The van der Waals surface area contributed by atoms with Crippen molar-refractivity contribution in [2.75, 3.05) is 26.5 Å². The molecule has 0 heterocycles. The van der Waals surface area contributed by atoms with Crippen LogP contribution in [0.3, 0.4) is 0 Å². The predicted octanol–water partition coefficient (Wildman–Crippen LogP) is 3.65. The van der Waals surface area contributed by atoms with Gasteiger partial charge in [0, 0.05) is 31.4 Å². The highest BCUT2D eigenvalue weighted by Crippen LogP contribution is 2.27. The van der Waals surface area contributed by atoms with E-state index < -0.39 is 15.9 Å². The van der Waals surface area contributed by atoms with Crippen molar-refractivity contribution in [1.82, 2.24) is 4.31 Å². The molecule has 0 radical (unpaired) electrons. The molecule has 0 bridgehead atoms. The third-order valence-electron chi connectivity index (χ3n) is 4.74. The first-order valence-electron chi connectivity index (χ1n) is 9.88. The predicted molar refractivity (Wildman–Crippen MR) is 124 cm³/mol. The maximum atomic E-state index is 12.8. The lowest BCUT2D eigenvalue weighted by Crippen LogP contribution is -2.23. The maximum Gasteiger partial charge on any atom is 0.255 e. The quantitative estimate of drug-likeness (QED) is 0.544. The van der Waals surface area contributed by atoms with Crippen molar-refractivity contribution >= 4 is 21.6 Å². The molecule has 170 valence electrons. The summed E-state index contributed by atoms with van der Waals surface area (Å²) in [6.07, 6.45) is 0. The van der Waals surface area contributed by atoms with E-state index in [-0.39, 0.29) is 22.8 Å². The number of rotatable bonds is 8. The van der Waals surface area contributed by atoms with Gasteiger partial charge in [-0.3, -0.25) is 4.79 Å². The van der Waals surface area contributed by atoms with Gasteiger partial charge >= 0.3 is 0 Å². The van der Waals surface area contributed by atoms with E-state index in [1.807, 2.05) is 6.07 Å². The Labute approximate surface area is 193 Å². The maximum absolute atomic E-state index is 12.8. The molecule has 0 fully saturated rings. The highest BCUT2D eigenvalue weighted by atomic mass is 32.2. The summed E-state index contributed by atoms with van der Waals surface area (Å²) in [6.45, 7) is 0.261. The van der Waals surface area contributed by atoms with E-state index >= 15 is 0 Å². The number of benzene rings is 3. The summed E-state index contributed by atoms with van der Waals surface area (Å²) in [4.78, 5) is 12.7. The summed E-state index contributed by atoms with van der Waals surface area (Å²) in [7, 11) is 0.374. The molecule has 0 aliphatic rings. The van der Waals surface area contributed by atoms with Crippen LogP contribution < -0.4 is 14.8 Å². The van der Waals surface area contributed by atoms with Crippen molar-refractivity contribution in [3.05, 3.63) is 83.4 Å². The number of sulfonamides is 1. The first-order chi connectivity index (χ1) is 15.7. The van der Waals surface area contributed by atoms with Gasteiger partial charge in [0.25, 0.3) is 5.91 Å². The molecule has 0 aromatic heterocycles. The second kappa shape index (κ2) is 10.2. The Hall–Kier alpha value is -3.87. The number of nitrogens with zero attached hydrogens (tertiary/aromatic N) is 2. The van der Waals surface area contributed by atoms with Gasteiger partial charge in [-0.05, 0) is 48.0 Å². The minimum absolute atomic E-state index is 0.0978. The topological polar surface area (TPSA) is 109 Å². The van der Waals surface area contributed by atoms with Crippen LogP contribution in [-0.4, -0.2) is 39.8 Å². The molecular formula is C24H23N3O5S. The monoisotopic (exact) mass is 465 g/mol. The number of ether oxygens (including phenoxy) is 2. The van der Waals surface area contributed by atoms with E-state index in [2.05, 4.69) is 11.4 Å². The lowest BCUT2D eigenvalue weighted by molar-refractivity contribution is 0.102. The fourth-order valence-electron chi connectivity index (χ4n) is 2.98. The van der Waals surface area contributed by atoms with E-state index in [0.717, 1.165) is 9.87 Å². The van der Waals surface area contributed by atoms with Crippen LogP contribution in [-0.2, 0) is 16.6 Å². The van der Waals surface area contributed by atoms with Gasteiger partial charge in [0.2, 0.25) is 10.0 Å². The van der Waals surface area contributed by atoms with Crippen molar-refractivity contribution in [3.63, 3.8) is 0 Å². The van der Waals surface area contributed by atoms with Gasteiger partial charge in [0.1, 0.15) is 23.0 Å². The standard InChI is InChI=1S/C24H23N3O5S/c1-27(2)33(29,30)23-13-19(10-11-22(23)31-3)24(28)26-20-8-5-9-21(14-20)32-16-18-7-4-6-17(12-18)15-25/h4-14H,16H2,1-3H3,(H,26,28). The molecule has 3 aromatic carbocycles. The summed E-state index contributed by atoms with van der Waals surface area (Å²) in [5.41, 5.74) is 2.04. The second-order valence-corrected chi connectivity index (χ2v) is 9.36. The molecule has 1 amide bonds. The summed E-state index contributed by atoms with van der Waals surface area (Å²) < 4.78 is 37.2. The molecule has 3 aromatic rings. The molecular weight excluding hydrogens is 442 g/mol. The molecule has 33 heavy (non-hydrogen) atoms. The van der Waals surface area contributed by atoms with E-state index in [4.69, 9.17) is 14.7 Å². The number of anilines is 1. The summed E-state index contributed by atoms with van der Waals surface area (Å²) in [5.74, 6) is 0.198. The SMILES string of the molecule is COc1ccc(C(=O)Nc2cccc(OCc3cccc(C#N)c3)c2)cc1S(=O)(=O)N(C)C. The van der Waals surface area contributed by atoms with Gasteiger partial charge in [-0.15, -0.1) is 0 Å². The Morgan fingerprint density at radius 1 is 1.06 bits per heavy atom. The van der Waals surface area contributed by atoms with Crippen molar-refractivity contribution in [2.45, 2.75) is 11.5 Å². The molecule has 9 heteroatoms. The zero-order valence-corrected chi connectivity index (χ0v) is 19.2. The van der Waals surface area contributed by atoms with E-state index in [9.17, 15) is 13.2 Å². The Morgan fingerprint density at radius 2 is 1.82 bits per heavy atom. The minimum Gasteiger partial charge on any atom is -0.495 e. The number of nitriles is 1. The molecule has 3 rings (SSSR count). The summed E-state index contributed by atoms with van der Waals surface area (Å²) >= 11 is 0. The number of carbonyl (C=O) groups excluding carboxylic acids is 1. The largest absolute Gasteiger partial charge is 0.495 e. The lowest BCUT2D eigenvalue weighted by atomic mass is 10.1. The van der Waals surface area contributed by atoms with Crippen LogP contribution in [0.25, 0.3) is 0 Å². The van der Waals surface area contributed by atoms with Crippen LogP contribution in [0.1, 0.15) is 21.5 Å². The van der Waals surface area contributed by atoms with Crippen molar-refractivity contribution in [1.29, 1.82) is 5.26 Å². The van der Waals surface area contributed by atoms with Gasteiger partial charge in [-0.1, -0.05) is 18.2 Å². The molecule has 1 N–H and O–H groups in total. The van der Waals surface area contributed by atoms with Gasteiger partial charge in [0.15, 0.2) is 0 Å². The fourth-order valence-corrected chi connectivity index (χ4v) is 4.06. The Bertz CT molecular complexity index is 1310. The number of carbonyl (C=O) groups is 1. The van der Waals surface area contributed by atoms with Crippen LogP contribution >= 0.6 is 0 Å². The fraction of sp³-hybridized carbons (Fsp3) is 0.167. The molecule has 8 nitrogen and oxygen atoms in total. The van der Waals surface area contributed by atoms with E-state index in [1.165, 1.54) is 39.4 Å². The van der Waals surface area contributed by atoms with Crippen molar-refractivity contribution < 1.29 is 22.7 Å². The molecule has 0 spiro atoms. The number of hydrogen-bond donors (Lipinski definition) is 1. The second-order valence-electron chi connectivity index (χ2n) is 7.24. The summed E-state index contributed by atoms with van der Waals surface area (Å²) in [6, 6.07) is 20.2. The van der Waals surface area contributed by atoms with E-state index in [0.29, 0.717) is 17.0 Å². The molecule has 0 saturated carbocycles. The first-order valence-corrected chi connectivity index (χ1v) is 11.3. The highest BCUT2D eigenvalue weighted by Gasteiger charge is 2.24. The van der Waals surface area contributed by atoms with Gasteiger partial charge in [-0.2, -0.15) is 5.26 Å². The van der Waals surface area contributed by atoms with Gasteiger partial charge in [0.05, 0.1) is 18.7 Å². The van der Waals surface area contributed by atoms with Gasteiger partial charge < -0.3 is 14.8 Å². The minimum atomic E-state index is -3.81. The molecule has 0 saturated heterocycles. The van der Waals surface area contributed by atoms with Crippen molar-refractivity contribution in [2.24, 2.45) is 0 Å². The zero-order valence-electron chi connectivity index (χ0n) is 18.4. The number of nitrogens with one attached hydrogen (secondary N) is 1. The lowest BCUT2D eigenvalue weighted by Gasteiger charge is -2.15. The number of hydrogen-bond acceptors (Lipinski definition) is 6. The highest BCUT2D eigenvalue weighted by molar-refractivity contribution is 7.89. The summed E-state index contributed by atoms with van der Waals surface area (Å²) in [5, 5.41) is 11.8. The average Bonchev–Trinajstić information content (AvgIpc) is 2.82. The Balaban J connectivity index is 1.76. The molecule has 0 unspecified atom stereocenters. The number of methoxy groups -OCH3 is 1. The molecule has 0 aliphatic heterocycles. The van der Waals surface area contributed by atoms with Crippen LogP contribution in [0, 0.1) is 11.3 Å². The third kappa shape index (κ3) is 5.68. The number of amides is 1. The molecule has 0 aliphatic carbocycles. The average molecular weight is 466 g/mol. The van der Waals surface area contributed by atoms with Crippen LogP contribution in [0.15, 0.2) is 71.6 Å². The van der Waals surface area contributed by atoms with Crippen LogP contribution in [0.2, 0.25) is 0 Å². The zero-order chi connectivity index (χ0) is 24.0. The van der Waals surface area contributed by atoms with E-state index in [1.54, 1.807) is 42.5 Å². The Morgan fingerprint density at radius 3 is 2.52 bits per heavy atom. The normalized spacial score (nSPS) is 11.0. The third-order valence-corrected chi connectivity index (χ3v) is 6.57. The Kier molecular flexibility index (Phi) is 7.33. The van der Waals surface area contributed by atoms with Crippen LogP contribution in [0.4, 0.5) is 5.69 Å². The first kappa shape index (κ1) is 23.8. The van der Waals surface area contributed by atoms with Crippen LogP contribution in [0.5, 0.6) is 11.5 Å². The molecule has 0 atom stereocenters.